The predicted molar refractivity (Wildman–Crippen MR) is 115 cm³/mol. The molecule has 29 heavy (non-hydrogen) atoms. The molecule has 4 heteroatoms. The van der Waals surface area contributed by atoms with Crippen molar-refractivity contribution in [3.63, 3.8) is 0 Å². The van der Waals surface area contributed by atoms with Gasteiger partial charge in [0.25, 0.3) is 0 Å². The lowest BCUT2D eigenvalue weighted by Crippen LogP contribution is -2.27. The normalized spacial score (nSPS) is 29.6. The number of benzene rings is 1. The average molecular weight is 396 g/mol. The molecule has 156 valence electrons. The number of nitrogens with zero attached hydrogens (tertiary/aromatic N) is 1. The lowest BCUT2D eigenvalue weighted by atomic mass is 9.76. The van der Waals surface area contributed by atoms with Crippen LogP contribution in [0.2, 0.25) is 0 Å². The van der Waals surface area contributed by atoms with Crippen molar-refractivity contribution < 1.29 is 14.6 Å². The third-order valence-electron chi connectivity index (χ3n) is 7.74. The highest BCUT2D eigenvalue weighted by atomic mass is 16.5. The van der Waals surface area contributed by atoms with Gasteiger partial charge in [-0.1, -0.05) is 45.1 Å². The van der Waals surface area contributed by atoms with Crippen LogP contribution >= 0.6 is 0 Å². The van der Waals surface area contributed by atoms with E-state index in [4.69, 9.17) is 4.74 Å². The van der Waals surface area contributed by atoms with E-state index >= 15 is 0 Å². The fourth-order valence-electron chi connectivity index (χ4n) is 5.69. The highest BCUT2D eigenvalue weighted by Gasteiger charge is 2.66. The topological polar surface area (TPSA) is 49.8 Å². The largest absolute Gasteiger partial charge is 0.508 e. The number of hydrogen-bond acceptors (Lipinski definition) is 4. The van der Waals surface area contributed by atoms with Gasteiger partial charge in [0.1, 0.15) is 5.75 Å². The molecule has 1 saturated heterocycles. The summed E-state index contributed by atoms with van der Waals surface area (Å²) in [4.78, 5) is 15.3. The van der Waals surface area contributed by atoms with Crippen molar-refractivity contribution in [1.82, 2.24) is 0 Å². The number of fused-ring (bicyclic) bond motifs is 1. The molecular weight excluding hydrogens is 362 g/mol. The van der Waals surface area contributed by atoms with Gasteiger partial charge in [-0.3, -0.25) is 4.79 Å². The van der Waals surface area contributed by atoms with Gasteiger partial charge in [-0.15, -0.1) is 5.92 Å². The van der Waals surface area contributed by atoms with Crippen LogP contribution in [0, 0.1) is 28.6 Å². The molecule has 0 bridgehead atoms. The molecule has 0 aromatic heterocycles. The number of aromatic hydroxyl groups is 1. The Morgan fingerprint density at radius 2 is 1.93 bits per heavy atom. The smallest absolute Gasteiger partial charge is 0.314 e. The summed E-state index contributed by atoms with van der Waals surface area (Å²) in [6.07, 6.45) is 6.78. The summed E-state index contributed by atoms with van der Waals surface area (Å²) in [5, 5.41) is 10.9. The Morgan fingerprint density at radius 1 is 1.24 bits per heavy atom. The molecule has 1 aliphatic heterocycles. The van der Waals surface area contributed by atoms with Crippen molar-refractivity contribution in [3.05, 3.63) is 23.8 Å². The maximum absolute atomic E-state index is 12.9. The van der Waals surface area contributed by atoms with Crippen LogP contribution in [0.4, 0.5) is 5.69 Å². The highest BCUT2D eigenvalue weighted by Crippen LogP contribution is 2.68. The number of ether oxygens (including phenoxy) is 1. The van der Waals surface area contributed by atoms with Crippen LogP contribution in [-0.2, 0) is 9.53 Å². The van der Waals surface area contributed by atoms with Gasteiger partial charge < -0.3 is 14.7 Å². The molecule has 1 N–H and O–H groups in total. The first kappa shape index (κ1) is 20.1. The van der Waals surface area contributed by atoms with Gasteiger partial charge in [0.05, 0.1) is 5.92 Å². The number of phenolic OH excluding ortho intramolecular Hbond substituents is 1. The molecule has 4 rings (SSSR count). The zero-order valence-corrected chi connectivity index (χ0v) is 18.0. The van der Waals surface area contributed by atoms with E-state index in [0.717, 1.165) is 44.5 Å². The van der Waals surface area contributed by atoms with Gasteiger partial charge in [-0.05, 0) is 49.0 Å². The van der Waals surface area contributed by atoms with Crippen molar-refractivity contribution >= 4 is 11.7 Å². The second-order valence-corrected chi connectivity index (χ2v) is 9.81. The van der Waals surface area contributed by atoms with Crippen LogP contribution < -0.4 is 4.90 Å². The van der Waals surface area contributed by atoms with E-state index in [2.05, 4.69) is 36.7 Å². The van der Waals surface area contributed by atoms with Gasteiger partial charge >= 0.3 is 5.97 Å². The summed E-state index contributed by atoms with van der Waals surface area (Å²) in [7, 11) is 0. The molecule has 3 atom stereocenters. The second kappa shape index (κ2) is 7.59. The molecule has 0 radical (unpaired) electrons. The van der Waals surface area contributed by atoms with E-state index in [-0.39, 0.29) is 24.2 Å². The first-order valence-corrected chi connectivity index (χ1v) is 11.0. The van der Waals surface area contributed by atoms with Crippen LogP contribution in [-0.4, -0.2) is 30.8 Å². The number of piperidine rings is 1. The molecule has 3 aliphatic rings. The summed E-state index contributed by atoms with van der Waals surface area (Å²) < 4.78 is 5.45. The summed E-state index contributed by atoms with van der Waals surface area (Å²) in [6, 6.07) is 5.87. The monoisotopic (exact) mass is 395 g/mol. The van der Waals surface area contributed by atoms with Gasteiger partial charge in [0.2, 0.25) is 0 Å². The minimum atomic E-state index is -0.412. The van der Waals surface area contributed by atoms with Crippen molar-refractivity contribution in [2.24, 2.45) is 16.7 Å². The van der Waals surface area contributed by atoms with Crippen molar-refractivity contribution in [2.45, 2.75) is 65.2 Å². The molecule has 0 spiro atoms. The Hall–Kier alpha value is -2.15. The maximum Gasteiger partial charge on any atom is 0.314 e. The van der Waals surface area contributed by atoms with E-state index in [9.17, 15) is 9.90 Å². The lowest BCUT2D eigenvalue weighted by molar-refractivity contribution is -0.145. The fourth-order valence-corrected chi connectivity index (χ4v) is 5.69. The molecule has 1 aromatic rings. The quantitative estimate of drug-likeness (QED) is 0.571. The Morgan fingerprint density at radius 3 is 2.55 bits per heavy atom. The molecule has 4 nitrogen and oxygen atoms in total. The number of phenols is 1. The van der Waals surface area contributed by atoms with Crippen molar-refractivity contribution in [3.8, 4) is 17.6 Å². The molecule has 3 fully saturated rings. The van der Waals surface area contributed by atoms with Crippen LogP contribution in [0.15, 0.2) is 18.2 Å². The van der Waals surface area contributed by atoms with Crippen LogP contribution in [0.3, 0.4) is 0 Å². The Balaban J connectivity index is 1.56. The first-order chi connectivity index (χ1) is 13.9. The third-order valence-corrected chi connectivity index (χ3v) is 7.74. The van der Waals surface area contributed by atoms with E-state index < -0.39 is 5.92 Å². The standard InChI is InChI=1S/C25H33NO3/c1-4-5-13-29-23(28)22(18-9-7-6-8-10-18)20-12-11-19(14-21(20)27)26-16-24(2)15-25(24,3)17-26/h11-12,14,18,22,27H,6-10,13,15-17H2,1-3H3/t22?,24-,25+. The Kier molecular flexibility index (Phi) is 5.27. The number of rotatable bonds is 5. The average Bonchev–Trinajstić information content (AvgIpc) is 3.12. The third kappa shape index (κ3) is 3.72. The van der Waals surface area contributed by atoms with Crippen LogP contribution in [0.25, 0.3) is 0 Å². The molecule has 1 aromatic carbocycles. The van der Waals surface area contributed by atoms with E-state index in [1.165, 1.54) is 12.8 Å². The summed E-state index contributed by atoms with van der Waals surface area (Å²) in [5.41, 5.74) is 2.55. The van der Waals surface area contributed by atoms with Gasteiger partial charge in [-0.2, -0.15) is 0 Å². The summed E-state index contributed by atoms with van der Waals surface area (Å²) in [6.45, 7) is 8.63. The molecule has 1 heterocycles. The van der Waals surface area contributed by atoms with Crippen LogP contribution in [0.5, 0.6) is 5.75 Å². The van der Waals surface area contributed by atoms with Crippen molar-refractivity contribution in [2.75, 3.05) is 24.6 Å². The van der Waals surface area contributed by atoms with Gasteiger partial charge in [0.15, 0.2) is 6.61 Å². The zero-order chi connectivity index (χ0) is 20.6. The molecule has 2 aliphatic carbocycles. The summed E-state index contributed by atoms with van der Waals surface area (Å²) >= 11 is 0. The zero-order valence-electron chi connectivity index (χ0n) is 18.0. The Labute approximate surface area is 174 Å². The SMILES string of the molecule is CC#CCOC(=O)C(c1ccc(N2C[C@@]3(C)C[C@@]3(C)C2)cc1O)C1CCCCC1. The predicted octanol–water partition coefficient (Wildman–Crippen LogP) is 4.86. The molecule has 2 saturated carbocycles. The van der Waals surface area contributed by atoms with E-state index in [0.29, 0.717) is 16.4 Å². The highest BCUT2D eigenvalue weighted by molar-refractivity contribution is 5.80. The number of esters is 1. The maximum atomic E-state index is 12.9. The molecule has 0 amide bonds. The fraction of sp³-hybridized carbons (Fsp3) is 0.640. The van der Waals surface area contributed by atoms with Gasteiger partial charge in [-0.25, -0.2) is 0 Å². The molecular formula is C25H33NO3. The Bertz CT molecular complexity index is 831. The van der Waals surface area contributed by atoms with Gasteiger partial charge in [0, 0.05) is 30.4 Å². The van der Waals surface area contributed by atoms with E-state index in [1.54, 1.807) is 6.92 Å². The summed E-state index contributed by atoms with van der Waals surface area (Å²) in [5.74, 6) is 5.33. The van der Waals surface area contributed by atoms with Crippen molar-refractivity contribution in [1.29, 1.82) is 0 Å². The number of carbonyl (C=O) groups is 1. The lowest BCUT2D eigenvalue weighted by Gasteiger charge is -2.30. The number of hydrogen-bond donors (Lipinski definition) is 1. The minimum Gasteiger partial charge on any atom is -0.508 e. The second-order valence-electron chi connectivity index (χ2n) is 9.81. The van der Waals surface area contributed by atoms with E-state index in [1.807, 2.05) is 12.1 Å². The first-order valence-electron chi connectivity index (χ1n) is 11.0. The van der Waals surface area contributed by atoms with Crippen LogP contribution in [0.1, 0.15) is 70.8 Å². The minimum absolute atomic E-state index is 0.113. The number of carbonyl (C=O) groups excluding carboxylic acids is 1. The molecule has 1 unspecified atom stereocenters. The number of anilines is 1.